The van der Waals surface area contributed by atoms with E-state index in [2.05, 4.69) is 0 Å². The first-order chi connectivity index (χ1) is 15.8. The first-order valence-electron chi connectivity index (χ1n) is 10.0. The number of ether oxygens (including phenoxy) is 2. The standard InChI is InChI=1S/C25H19F3O4S/c26-25(27,28)19-6-4-16(5-7-19)13-31-20-3-1-2-17(10-20)14-32-21-8-9-22-18(11-24(29)30)15-33-23(22)12-21/h1-10,12,15H,11,13-14H2,(H,29,30). The number of halogens is 3. The maximum atomic E-state index is 12.7. The summed E-state index contributed by atoms with van der Waals surface area (Å²) in [6, 6.07) is 17.7. The van der Waals surface area contributed by atoms with Gasteiger partial charge in [-0.25, -0.2) is 0 Å². The fourth-order valence-electron chi connectivity index (χ4n) is 3.30. The maximum absolute atomic E-state index is 12.7. The number of rotatable bonds is 8. The monoisotopic (exact) mass is 472 g/mol. The van der Waals surface area contributed by atoms with Crippen LogP contribution in [0, 0.1) is 0 Å². The number of fused-ring (bicyclic) bond motifs is 1. The van der Waals surface area contributed by atoms with E-state index in [4.69, 9.17) is 14.6 Å². The van der Waals surface area contributed by atoms with Crippen LogP contribution in [0.25, 0.3) is 10.1 Å². The van der Waals surface area contributed by atoms with E-state index in [1.54, 1.807) is 6.07 Å². The van der Waals surface area contributed by atoms with Crippen molar-refractivity contribution in [2.45, 2.75) is 25.8 Å². The molecule has 33 heavy (non-hydrogen) atoms. The van der Waals surface area contributed by atoms with E-state index in [0.29, 0.717) is 23.7 Å². The van der Waals surface area contributed by atoms with Crippen molar-refractivity contribution < 1.29 is 32.5 Å². The van der Waals surface area contributed by atoms with Gasteiger partial charge in [-0.15, -0.1) is 11.3 Å². The number of alkyl halides is 3. The Balaban J connectivity index is 1.36. The minimum Gasteiger partial charge on any atom is -0.489 e. The van der Waals surface area contributed by atoms with Crippen molar-refractivity contribution >= 4 is 27.4 Å². The second-order valence-electron chi connectivity index (χ2n) is 7.41. The van der Waals surface area contributed by atoms with Crippen molar-refractivity contribution in [3.8, 4) is 11.5 Å². The fraction of sp³-hybridized carbons (Fsp3) is 0.160. The number of hydrogen-bond donors (Lipinski definition) is 1. The van der Waals surface area contributed by atoms with Crippen LogP contribution < -0.4 is 9.47 Å². The van der Waals surface area contributed by atoms with Crippen molar-refractivity contribution in [3.05, 3.63) is 94.4 Å². The number of carboxylic acid groups (broad SMARTS) is 1. The van der Waals surface area contributed by atoms with E-state index >= 15 is 0 Å². The summed E-state index contributed by atoms with van der Waals surface area (Å²) in [6.45, 7) is 0.451. The zero-order chi connectivity index (χ0) is 23.4. The summed E-state index contributed by atoms with van der Waals surface area (Å²) in [4.78, 5) is 11.0. The predicted molar refractivity (Wildman–Crippen MR) is 120 cm³/mol. The molecule has 4 aromatic rings. The number of aliphatic carboxylic acids is 1. The lowest BCUT2D eigenvalue weighted by Gasteiger charge is -2.11. The molecular weight excluding hydrogens is 453 g/mol. The van der Waals surface area contributed by atoms with Crippen molar-refractivity contribution in [3.63, 3.8) is 0 Å². The van der Waals surface area contributed by atoms with Crippen LogP contribution in [-0.2, 0) is 30.6 Å². The molecule has 0 aliphatic carbocycles. The molecule has 0 spiro atoms. The molecule has 1 heterocycles. The van der Waals surface area contributed by atoms with Gasteiger partial charge in [0.15, 0.2) is 0 Å². The quantitative estimate of drug-likeness (QED) is 0.310. The number of thiophene rings is 1. The molecule has 3 aromatic carbocycles. The highest BCUT2D eigenvalue weighted by Crippen LogP contribution is 2.31. The van der Waals surface area contributed by atoms with Gasteiger partial charge in [-0.2, -0.15) is 13.2 Å². The van der Waals surface area contributed by atoms with Gasteiger partial charge in [0.2, 0.25) is 0 Å². The van der Waals surface area contributed by atoms with Crippen LogP contribution >= 0.6 is 11.3 Å². The normalized spacial score (nSPS) is 11.5. The first-order valence-corrected chi connectivity index (χ1v) is 10.9. The number of carboxylic acids is 1. The molecule has 0 aliphatic rings. The van der Waals surface area contributed by atoms with Crippen LogP contribution in [0.1, 0.15) is 22.3 Å². The Labute approximate surface area is 191 Å². The molecule has 1 N–H and O–H groups in total. The average Bonchev–Trinajstić information content (AvgIpc) is 3.17. The molecule has 0 aliphatic heterocycles. The Bertz CT molecular complexity index is 1260. The lowest BCUT2D eigenvalue weighted by molar-refractivity contribution is -0.138. The molecule has 0 saturated heterocycles. The van der Waals surface area contributed by atoms with Crippen LogP contribution in [-0.4, -0.2) is 11.1 Å². The maximum Gasteiger partial charge on any atom is 0.416 e. The average molecular weight is 472 g/mol. The van der Waals surface area contributed by atoms with E-state index in [1.165, 1.54) is 23.5 Å². The Hall–Kier alpha value is -3.52. The van der Waals surface area contributed by atoms with Gasteiger partial charge in [0, 0.05) is 4.70 Å². The Kier molecular flexibility index (Phi) is 6.55. The first kappa shape index (κ1) is 22.7. The molecule has 4 rings (SSSR count). The highest BCUT2D eigenvalue weighted by Gasteiger charge is 2.29. The van der Waals surface area contributed by atoms with Gasteiger partial charge in [-0.1, -0.05) is 24.3 Å². The summed E-state index contributed by atoms with van der Waals surface area (Å²) >= 11 is 1.48. The summed E-state index contributed by atoms with van der Waals surface area (Å²) in [5.74, 6) is 0.390. The molecule has 4 nitrogen and oxygen atoms in total. The number of carbonyl (C=O) groups is 1. The van der Waals surface area contributed by atoms with Gasteiger partial charge in [0.05, 0.1) is 12.0 Å². The summed E-state index contributed by atoms with van der Waals surface area (Å²) in [5, 5.41) is 11.8. The van der Waals surface area contributed by atoms with Crippen LogP contribution in [0.15, 0.2) is 72.1 Å². The molecule has 0 fully saturated rings. The predicted octanol–water partition coefficient (Wildman–Crippen LogP) is 6.71. The summed E-state index contributed by atoms with van der Waals surface area (Å²) in [7, 11) is 0. The lowest BCUT2D eigenvalue weighted by Crippen LogP contribution is -2.05. The molecule has 0 bridgehead atoms. The van der Waals surface area contributed by atoms with Gasteiger partial charge in [-0.05, 0) is 69.9 Å². The third-order valence-electron chi connectivity index (χ3n) is 4.96. The van der Waals surface area contributed by atoms with Gasteiger partial charge in [0.25, 0.3) is 0 Å². The molecule has 8 heteroatoms. The largest absolute Gasteiger partial charge is 0.489 e. The highest BCUT2D eigenvalue weighted by atomic mass is 32.1. The highest BCUT2D eigenvalue weighted by molar-refractivity contribution is 7.17. The zero-order valence-corrected chi connectivity index (χ0v) is 18.1. The van der Waals surface area contributed by atoms with Crippen LogP contribution in [0.5, 0.6) is 11.5 Å². The van der Waals surface area contributed by atoms with E-state index in [9.17, 15) is 18.0 Å². The van der Waals surface area contributed by atoms with Gasteiger partial charge in [0.1, 0.15) is 24.7 Å². The second-order valence-corrected chi connectivity index (χ2v) is 8.32. The van der Waals surface area contributed by atoms with Gasteiger partial charge < -0.3 is 14.6 Å². The Morgan fingerprint density at radius 3 is 2.27 bits per heavy atom. The lowest BCUT2D eigenvalue weighted by atomic mass is 10.1. The summed E-state index contributed by atoms with van der Waals surface area (Å²) in [5.41, 5.74) is 1.60. The second kappa shape index (κ2) is 9.54. The summed E-state index contributed by atoms with van der Waals surface area (Å²) in [6.07, 6.45) is -4.37. The fourth-order valence-corrected chi connectivity index (χ4v) is 4.29. The van der Waals surface area contributed by atoms with Crippen molar-refractivity contribution in [2.75, 3.05) is 0 Å². The smallest absolute Gasteiger partial charge is 0.416 e. The van der Waals surface area contributed by atoms with Crippen molar-refractivity contribution in [2.24, 2.45) is 0 Å². The molecule has 0 atom stereocenters. The molecular formula is C25H19F3O4S. The summed E-state index contributed by atoms with van der Waals surface area (Å²) < 4.78 is 50.6. The molecule has 0 saturated carbocycles. The molecule has 1 aromatic heterocycles. The van der Waals surface area contributed by atoms with Crippen LogP contribution in [0.4, 0.5) is 13.2 Å². The number of benzene rings is 3. The van der Waals surface area contributed by atoms with E-state index in [-0.39, 0.29) is 13.0 Å². The van der Waals surface area contributed by atoms with Gasteiger partial charge in [-0.3, -0.25) is 4.79 Å². The van der Waals surface area contributed by atoms with E-state index < -0.39 is 17.7 Å². The minimum atomic E-state index is -4.36. The Morgan fingerprint density at radius 1 is 0.879 bits per heavy atom. The third kappa shape index (κ3) is 5.84. The molecule has 0 amide bonds. The minimum absolute atomic E-state index is 0.0144. The van der Waals surface area contributed by atoms with Crippen LogP contribution in [0.2, 0.25) is 0 Å². The SMILES string of the molecule is O=C(O)Cc1csc2cc(OCc3cccc(OCc4ccc(C(F)(F)F)cc4)c3)ccc12. The van der Waals surface area contributed by atoms with E-state index in [1.807, 2.05) is 41.8 Å². The van der Waals surface area contributed by atoms with Crippen molar-refractivity contribution in [1.82, 2.24) is 0 Å². The molecule has 0 radical (unpaired) electrons. The van der Waals surface area contributed by atoms with Crippen molar-refractivity contribution in [1.29, 1.82) is 0 Å². The third-order valence-corrected chi connectivity index (χ3v) is 5.95. The zero-order valence-electron chi connectivity index (χ0n) is 17.3. The molecule has 170 valence electrons. The topological polar surface area (TPSA) is 55.8 Å². The van der Waals surface area contributed by atoms with Crippen LogP contribution in [0.3, 0.4) is 0 Å². The number of hydrogen-bond acceptors (Lipinski definition) is 4. The molecule has 0 unspecified atom stereocenters. The van der Waals surface area contributed by atoms with E-state index in [0.717, 1.165) is 33.3 Å². The Morgan fingerprint density at radius 2 is 1.58 bits per heavy atom. The van der Waals surface area contributed by atoms with Gasteiger partial charge >= 0.3 is 12.1 Å².